The van der Waals surface area contributed by atoms with Crippen LogP contribution < -0.4 is 22.9 Å². The fraction of sp³-hybridized carbons (Fsp3) is 0. The Hall–Kier alpha value is -4.74. The highest BCUT2D eigenvalue weighted by Crippen LogP contribution is 2.31. The zero-order valence-corrected chi connectivity index (χ0v) is 15.6. The smallest absolute Gasteiger partial charge is 0.175 e. The Balaban J connectivity index is 1.47. The summed E-state index contributed by atoms with van der Waals surface area (Å²) in [7, 11) is 0. The maximum atomic E-state index is 5.70. The SMILES string of the molecule is Nc1n[nH]c(N)c1N=Nc1ccc(-c2ccc(N=Nc3c(N)n[nH]c3N)cc2)cc1. The second kappa shape index (κ2) is 7.71. The van der Waals surface area contributed by atoms with Crippen LogP contribution in [0.15, 0.2) is 69.0 Å². The van der Waals surface area contributed by atoms with E-state index in [0.29, 0.717) is 22.7 Å². The summed E-state index contributed by atoms with van der Waals surface area (Å²) in [4.78, 5) is 0. The van der Waals surface area contributed by atoms with Crippen LogP contribution in [-0.4, -0.2) is 20.4 Å². The van der Waals surface area contributed by atoms with E-state index < -0.39 is 0 Å². The molecular formula is C18H18N12. The molecular weight excluding hydrogens is 384 g/mol. The number of anilines is 4. The molecule has 0 atom stereocenters. The number of rotatable bonds is 5. The van der Waals surface area contributed by atoms with E-state index in [1.165, 1.54) is 0 Å². The summed E-state index contributed by atoms with van der Waals surface area (Å²) in [5, 5.41) is 29.0. The zero-order valence-electron chi connectivity index (χ0n) is 15.6. The molecule has 10 N–H and O–H groups in total. The Morgan fingerprint density at radius 2 is 0.900 bits per heavy atom. The van der Waals surface area contributed by atoms with E-state index in [0.717, 1.165) is 11.1 Å². The molecule has 0 aliphatic carbocycles. The van der Waals surface area contributed by atoms with Gasteiger partial charge in [-0.25, -0.2) is 0 Å². The van der Waals surface area contributed by atoms with Crippen molar-refractivity contribution in [1.82, 2.24) is 20.4 Å². The standard InChI is InChI=1S/C18H18N12/c19-15-13(16(20)28-27-15)25-23-11-5-1-9(2-6-11)10-3-7-12(8-4-10)24-26-14-17(21)29-30-18(14)22/h1-8H,(H5,19,20,27,28)(H5,21,22,29,30). The molecule has 4 rings (SSSR count). The molecule has 0 radical (unpaired) electrons. The van der Waals surface area contributed by atoms with Gasteiger partial charge in [-0.3, -0.25) is 10.2 Å². The van der Waals surface area contributed by atoms with Crippen LogP contribution in [-0.2, 0) is 0 Å². The number of nitrogens with zero attached hydrogens (tertiary/aromatic N) is 6. The first-order valence-corrected chi connectivity index (χ1v) is 8.74. The molecule has 30 heavy (non-hydrogen) atoms. The number of nitrogens with one attached hydrogen (secondary N) is 2. The van der Waals surface area contributed by atoms with Crippen LogP contribution in [0.2, 0.25) is 0 Å². The third-order valence-corrected chi connectivity index (χ3v) is 4.19. The van der Waals surface area contributed by atoms with Gasteiger partial charge in [0.15, 0.2) is 23.0 Å². The Kier molecular flexibility index (Phi) is 4.78. The van der Waals surface area contributed by atoms with Gasteiger partial charge in [-0.2, -0.15) is 20.4 Å². The molecule has 0 saturated heterocycles. The van der Waals surface area contributed by atoms with Crippen LogP contribution in [0.5, 0.6) is 0 Å². The second-order valence-electron chi connectivity index (χ2n) is 6.24. The van der Waals surface area contributed by atoms with Crippen LogP contribution in [0, 0.1) is 0 Å². The minimum Gasteiger partial charge on any atom is -0.382 e. The van der Waals surface area contributed by atoms with E-state index in [9.17, 15) is 0 Å². The second-order valence-corrected chi connectivity index (χ2v) is 6.24. The van der Waals surface area contributed by atoms with Crippen molar-refractivity contribution in [2.75, 3.05) is 22.9 Å². The summed E-state index contributed by atoms with van der Waals surface area (Å²) in [5.74, 6) is 0.929. The number of aromatic nitrogens is 4. The third-order valence-electron chi connectivity index (χ3n) is 4.19. The summed E-state index contributed by atoms with van der Waals surface area (Å²) in [5.41, 5.74) is 26.7. The Morgan fingerprint density at radius 1 is 0.533 bits per heavy atom. The molecule has 2 aromatic heterocycles. The van der Waals surface area contributed by atoms with Gasteiger partial charge in [0.25, 0.3) is 0 Å². The molecule has 0 fully saturated rings. The highest BCUT2D eigenvalue weighted by atomic mass is 15.3. The normalized spacial score (nSPS) is 11.6. The Morgan fingerprint density at radius 3 is 1.20 bits per heavy atom. The van der Waals surface area contributed by atoms with Crippen LogP contribution >= 0.6 is 0 Å². The molecule has 0 aliphatic rings. The molecule has 2 aromatic carbocycles. The lowest BCUT2D eigenvalue weighted by Crippen LogP contribution is -1.84. The van der Waals surface area contributed by atoms with Crippen molar-refractivity contribution >= 4 is 46.0 Å². The van der Waals surface area contributed by atoms with Crippen molar-refractivity contribution in [2.24, 2.45) is 20.5 Å². The Bertz CT molecular complexity index is 1080. The topological polar surface area (TPSA) is 211 Å². The van der Waals surface area contributed by atoms with Gasteiger partial charge in [0.05, 0.1) is 11.4 Å². The van der Waals surface area contributed by atoms with Gasteiger partial charge in [0.2, 0.25) is 0 Å². The number of H-pyrrole nitrogens is 2. The maximum Gasteiger partial charge on any atom is 0.175 e. The van der Waals surface area contributed by atoms with E-state index in [4.69, 9.17) is 22.9 Å². The average Bonchev–Trinajstić information content (AvgIpc) is 3.26. The molecule has 12 heteroatoms. The van der Waals surface area contributed by atoms with E-state index in [-0.39, 0.29) is 23.3 Å². The van der Waals surface area contributed by atoms with E-state index in [1.54, 1.807) is 0 Å². The summed E-state index contributed by atoms with van der Waals surface area (Å²) in [6.45, 7) is 0. The number of hydrogen-bond donors (Lipinski definition) is 6. The van der Waals surface area contributed by atoms with Crippen molar-refractivity contribution in [3.8, 4) is 11.1 Å². The average molecular weight is 402 g/mol. The highest BCUT2D eigenvalue weighted by molar-refractivity contribution is 5.71. The van der Waals surface area contributed by atoms with Crippen molar-refractivity contribution in [3.63, 3.8) is 0 Å². The summed E-state index contributed by atoms with van der Waals surface area (Å²) in [6, 6.07) is 15.1. The minimum absolute atomic E-state index is 0.197. The van der Waals surface area contributed by atoms with Crippen LogP contribution in [0.1, 0.15) is 0 Å². The van der Waals surface area contributed by atoms with Gasteiger partial charge in [0, 0.05) is 0 Å². The number of hydrogen-bond acceptors (Lipinski definition) is 10. The summed E-state index contributed by atoms with van der Waals surface area (Å²) >= 11 is 0. The molecule has 4 aromatic rings. The van der Waals surface area contributed by atoms with Crippen molar-refractivity contribution < 1.29 is 0 Å². The lowest BCUT2D eigenvalue weighted by atomic mass is 10.1. The van der Waals surface area contributed by atoms with Gasteiger partial charge < -0.3 is 22.9 Å². The van der Waals surface area contributed by atoms with Gasteiger partial charge in [-0.1, -0.05) is 24.3 Å². The molecule has 0 saturated carbocycles. The van der Waals surface area contributed by atoms with E-state index in [1.807, 2.05) is 48.5 Å². The number of nitrogen functional groups attached to an aromatic ring is 4. The van der Waals surface area contributed by atoms with E-state index in [2.05, 4.69) is 40.9 Å². The molecule has 12 nitrogen and oxygen atoms in total. The van der Waals surface area contributed by atoms with Crippen LogP contribution in [0.4, 0.5) is 46.0 Å². The summed E-state index contributed by atoms with van der Waals surface area (Å²) < 4.78 is 0. The van der Waals surface area contributed by atoms with E-state index >= 15 is 0 Å². The quantitative estimate of drug-likeness (QED) is 0.272. The third kappa shape index (κ3) is 3.77. The first-order valence-electron chi connectivity index (χ1n) is 8.74. The Labute approximate surface area is 170 Å². The highest BCUT2D eigenvalue weighted by Gasteiger charge is 2.07. The molecule has 0 bridgehead atoms. The van der Waals surface area contributed by atoms with Gasteiger partial charge >= 0.3 is 0 Å². The lowest BCUT2D eigenvalue weighted by molar-refractivity contribution is 1.11. The molecule has 0 amide bonds. The van der Waals surface area contributed by atoms with Crippen molar-refractivity contribution in [1.29, 1.82) is 0 Å². The predicted molar refractivity (Wildman–Crippen MR) is 115 cm³/mol. The monoisotopic (exact) mass is 402 g/mol. The summed E-state index contributed by atoms with van der Waals surface area (Å²) in [6.07, 6.45) is 0. The predicted octanol–water partition coefficient (Wildman–Crippen LogP) is 3.96. The number of aromatic amines is 2. The first-order chi connectivity index (χ1) is 14.5. The maximum absolute atomic E-state index is 5.70. The number of azo groups is 2. The van der Waals surface area contributed by atoms with Crippen molar-refractivity contribution in [2.45, 2.75) is 0 Å². The lowest BCUT2D eigenvalue weighted by Gasteiger charge is -2.02. The van der Waals surface area contributed by atoms with Crippen LogP contribution in [0.25, 0.3) is 11.1 Å². The largest absolute Gasteiger partial charge is 0.382 e. The molecule has 150 valence electrons. The number of benzene rings is 2. The fourth-order valence-electron chi connectivity index (χ4n) is 2.60. The minimum atomic E-state index is 0.197. The molecule has 0 aliphatic heterocycles. The zero-order chi connectivity index (χ0) is 21.1. The molecule has 0 unspecified atom stereocenters. The van der Waals surface area contributed by atoms with Gasteiger partial charge in [-0.05, 0) is 35.4 Å². The first kappa shape index (κ1) is 18.6. The van der Waals surface area contributed by atoms with Gasteiger partial charge in [-0.15, -0.1) is 10.2 Å². The molecule has 0 spiro atoms. The van der Waals surface area contributed by atoms with Crippen molar-refractivity contribution in [3.05, 3.63) is 48.5 Å². The molecule has 2 heterocycles. The number of nitrogens with two attached hydrogens (primary N) is 4. The van der Waals surface area contributed by atoms with Gasteiger partial charge in [0.1, 0.15) is 11.6 Å². The van der Waals surface area contributed by atoms with Crippen LogP contribution in [0.3, 0.4) is 0 Å². The fourth-order valence-corrected chi connectivity index (χ4v) is 2.60.